The molecule has 0 aliphatic carbocycles. The summed E-state index contributed by atoms with van der Waals surface area (Å²) in [4.78, 5) is 22.0. The van der Waals surface area contributed by atoms with Crippen molar-refractivity contribution >= 4 is 5.78 Å². The Kier molecular flexibility index (Phi) is 8.76. The van der Waals surface area contributed by atoms with Gasteiger partial charge in [0, 0.05) is 48.1 Å². The van der Waals surface area contributed by atoms with Crippen LogP contribution < -0.4 is 4.74 Å². The molecule has 3 rings (SSSR count). The number of ketones is 1. The minimum atomic E-state index is 0.172. The van der Waals surface area contributed by atoms with E-state index in [1.807, 2.05) is 49.5 Å². The average Bonchev–Trinajstić information content (AvgIpc) is 2.77. The highest BCUT2D eigenvalue weighted by Gasteiger charge is 2.20. The Bertz CT molecular complexity index is 1060. The van der Waals surface area contributed by atoms with Crippen molar-refractivity contribution in [1.82, 2.24) is 9.97 Å². The molecular formula is C29H36N2O2. The molecule has 0 fully saturated rings. The number of pyridine rings is 2. The first-order valence-electron chi connectivity index (χ1n) is 11.9. The van der Waals surface area contributed by atoms with Crippen molar-refractivity contribution in [2.75, 3.05) is 0 Å². The molecule has 2 aromatic heterocycles. The summed E-state index contributed by atoms with van der Waals surface area (Å²) in [6, 6.07) is 14.0. The third-order valence-electron chi connectivity index (χ3n) is 6.04. The van der Waals surface area contributed by atoms with Crippen LogP contribution >= 0.6 is 0 Å². The zero-order chi connectivity index (χ0) is 23.8. The van der Waals surface area contributed by atoms with Crippen LogP contribution in [-0.2, 0) is 17.8 Å². The third kappa shape index (κ3) is 7.52. The molecule has 4 heteroatoms. The van der Waals surface area contributed by atoms with E-state index in [1.54, 1.807) is 6.20 Å². The second-order valence-corrected chi connectivity index (χ2v) is 9.48. The van der Waals surface area contributed by atoms with Crippen molar-refractivity contribution in [3.05, 3.63) is 88.5 Å². The van der Waals surface area contributed by atoms with Crippen molar-refractivity contribution in [2.45, 2.75) is 72.8 Å². The van der Waals surface area contributed by atoms with Gasteiger partial charge in [0.25, 0.3) is 0 Å². The van der Waals surface area contributed by atoms with Crippen LogP contribution in [0.15, 0.2) is 54.9 Å². The molecule has 0 spiro atoms. The molecule has 1 atom stereocenters. The lowest BCUT2D eigenvalue weighted by molar-refractivity contribution is -0.118. The molecule has 2 heterocycles. The monoisotopic (exact) mass is 444 g/mol. The van der Waals surface area contributed by atoms with Crippen LogP contribution in [0.25, 0.3) is 0 Å². The van der Waals surface area contributed by atoms with Gasteiger partial charge in [0.05, 0.1) is 0 Å². The minimum Gasteiger partial charge on any atom is -0.489 e. The van der Waals surface area contributed by atoms with E-state index in [2.05, 4.69) is 38.7 Å². The van der Waals surface area contributed by atoms with Gasteiger partial charge in [-0.2, -0.15) is 0 Å². The number of hydrogen-bond acceptors (Lipinski definition) is 4. The van der Waals surface area contributed by atoms with Gasteiger partial charge in [-0.05, 0) is 68.0 Å². The summed E-state index contributed by atoms with van der Waals surface area (Å²) >= 11 is 0. The predicted octanol–water partition coefficient (Wildman–Crippen LogP) is 6.70. The summed E-state index contributed by atoms with van der Waals surface area (Å²) in [6.07, 6.45) is 6.75. The first kappa shape index (κ1) is 24.6. The van der Waals surface area contributed by atoms with Crippen LogP contribution in [0.1, 0.15) is 72.7 Å². The summed E-state index contributed by atoms with van der Waals surface area (Å²) in [7, 11) is 0. The van der Waals surface area contributed by atoms with Crippen LogP contribution in [0.5, 0.6) is 5.75 Å². The molecule has 0 saturated carbocycles. The van der Waals surface area contributed by atoms with Gasteiger partial charge in [-0.3, -0.25) is 14.8 Å². The molecular weight excluding hydrogens is 408 g/mol. The van der Waals surface area contributed by atoms with Gasteiger partial charge in [0.1, 0.15) is 18.1 Å². The number of benzene rings is 1. The lowest BCUT2D eigenvalue weighted by atomic mass is 9.87. The Hall–Kier alpha value is -3.01. The normalized spacial score (nSPS) is 12.1. The molecule has 0 amide bonds. The summed E-state index contributed by atoms with van der Waals surface area (Å²) in [5, 5.41) is 0. The minimum absolute atomic E-state index is 0.172. The maximum Gasteiger partial charge on any atom is 0.137 e. The van der Waals surface area contributed by atoms with E-state index in [0.29, 0.717) is 25.4 Å². The fourth-order valence-electron chi connectivity index (χ4n) is 4.13. The highest BCUT2D eigenvalue weighted by atomic mass is 16.5. The quantitative estimate of drug-likeness (QED) is 0.330. The van der Waals surface area contributed by atoms with Crippen LogP contribution in [0.2, 0.25) is 0 Å². The van der Waals surface area contributed by atoms with Crippen molar-refractivity contribution in [1.29, 1.82) is 0 Å². The number of nitrogens with zero attached hydrogens (tertiary/aromatic N) is 2. The Morgan fingerprint density at radius 1 is 1.00 bits per heavy atom. The Morgan fingerprint density at radius 3 is 2.42 bits per heavy atom. The van der Waals surface area contributed by atoms with Crippen LogP contribution in [0.4, 0.5) is 0 Å². The highest BCUT2D eigenvalue weighted by molar-refractivity contribution is 5.81. The molecule has 1 unspecified atom stereocenters. The first-order valence-corrected chi connectivity index (χ1v) is 11.9. The standard InChI is InChI=1S/C29H36N2O2/c1-20(2)8-11-25(29-22(4)15-21(3)18-31-29)17-27(32)16-24-9-12-28(13-10-24)33-19-26-7-6-14-30-23(26)5/h6-7,9-10,12-15,18,20,25H,8,11,16-17,19H2,1-5H3. The van der Waals surface area contributed by atoms with Gasteiger partial charge in [0.15, 0.2) is 0 Å². The van der Waals surface area contributed by atoms with E-state index < -0.39 is 0 Å². The van der Waals surface area contributed by atoms with Crippen LogP contribution in [0, 0.1) is 26.7 Å². The summed E-state index contributed by atoms with van der Waals surface area (Å²) in [5.74, 6) is 1.83. The molecule has 0 N–H and O–H groups in total. The molecule has 0 aliphatic rings. The van der Waals surface area contributed by atoms with Crippen LogP contribution in [-0.4, -0.2) is 15.8 Å². The third-order valence-corrected chi connectivity index (χ3v) is 6.04. The summed E-state index contributed by atoms with van der Waals surface area (Å²) in [5.41, 5.74) is 6.48. The van der Waals surface area contributed by atoms with E-state index in [1.165, 1.54) is 5.56 Å². The average molecular weight is 445 g/mol. The number of carbonyl (C=O) groups excluding carboxylic acids is 1. The number of Topliss-reactive ketones (excluding diaryl/α,β-unsaturated/α-hetero) is 1. The Labute approximate surface area is 198 Å². The molecule has 0 bridgehead atoms. The second kappa shape index (κ2) is 11.7. The Balaban J connectivity index is 1.60. The molecule has 1 aromatic carbocycles. The molecule has 0 saturated heterocycles. The zero-order valence-electron chi connectivity index (χ0n) is 20.6. The summed E-state index contributed by atoms with van der Waals surface area (Å²) in [6.45, 7) is 11.1. The van der Waals surface area contributed by atoms with E-state index in [9.17, 15) is 4.79 Å². The fraction of sp³-hybridized carbons (Fsp3) is 0.414. The van der Waals surface area contributed by atoms with E-state index in [4.69, 9.17) is 9.72 Å². The fourth-order valence-corrected chi connectivity index (χ4v) is 4.13. The largest absolute Gasteiger partial charge is 0.489 e. The molecule has 4 nitrogen and oxygen atoms in total. The number of hydrogen-bond donors (Lipinski definition) is 0. The van der Waals surface area contributed by atoms with E-state index in [0.717, 1.165) is 46.7 Å². The lowest BCUT2D eigenvalue weighted by Gasteiger charge is -2.19. The molecule has 3 aromatic rings. The number of ether oxygens (including phenoxy) is 1. The van der Waals surface area contributed by atoms with Crippen molar-refractivity contribution in [2.24, 2.45) is 5.92 Å². The van der Waals surface area contributed by atoms with E-state index in [-0.39, 0.29) is 11.7 Å². The van der Waals surface area contributed by atoms with Gasteiger partial charge in [-0.25, -0.2) is 0 Å². The molecule has 0 radical (unpaired) electrons. The number of aryl methyl sites for hydroxylation is 3. The predicted molar refractivity (Wildman–Crippen MR) is 134 cm³/mol. The van der Waals surface area contributed by atoms with Crippen LogP contribution in [0.3, 0.4) is 0 Å². The molecule has 0 aliphatic heterocycles. The maximum absolute atomic E-state index is 13.0. The summed E-state index contributed by atoms with van der Waals surface area (Å²) < 4.78 is 5.90. The van der Waals surface area contributed by atoms with Crippen molar-refractivity contribution < 1.29 is 9.53 Å². The lowest BCUT2D eigenvalue weighted by Crippen LogP contribution is -2.13. The number of carbonyl (C=O) groups is 1. The maximum atomic E-state index is 13.0. The SMILES string of the molecule is Cc1cnc(C(CCC(C)C)CC(=O)Cc2ccc(OCc3cccnc3C)cc2)c(C)c1. The van der Waals surface area contributed by atoms with Gasteiger partial charge in [-0.1, -0.05) is 44.5 Å². The van der Waals surface area contributed by atoms with Gasteiger partial charge >= 0.3 is 0 Å². The van der Waals surface area contributed by atoms with Crippen molar-refractivity contribution in [3.8, 4) is 5.75 Å². The van der Waals surface area contributed by atoms with E-state index >= 15 is 0 Å². The van der Waals surface area contributed by atoms with Crippen molar-refractivity contribution in [3.63, 3.8) is 0 Å². The topological polar surface area (TPSA) is 52.1 Å². The molecule has 33 heavy (non-hydrogen) atoms. The number of aromatic nitrogens is 2. The smallest absolute Gasteiger partial charge is 0.137 e. The highest BCUT2D eigenvalue weighted by Crippen LogP contribution is 2.29. The van der Waals surface area contributed by atoms with Gasteiger partial charge < -0.3 is 4.74 Å². The molecule has 174 valence electrons. The Morgan fingerprint density at radius 2 is 1.76 bits per heavy atom. The van der Waals surface area contributed by atoms with Gasteiger partial charge in [0.2, 0.25) is 0 Å². The second-order valence-electron chi connectivity index (χ2n) is 9.48. The van der Waals surface area contributed by atoms with Gasteiger partial charge in [-0.15, -0.1) is 0 Å². The number of rotatable bonds is 11. The zero-order valence-corrected chi connectivity index (χ0v) is 20.6. The first-order chi connectivity index (χ1) is 15.8.